The summed E-state index contributed by atoms with van der Waals surface area (Å²) >= 11 is 0. The Morgan fingerprint density at radius 2 is 1.75 bits per heavy atom. The van der Waals surface area contributed by atoms with Crippen molar-refractivity contribution in [2.45, 2.75) is 71.4 Å². The fourth-order valence-corrected chi connectivity index (χ4v) is 5.38. The SMILES string of the molecule is C=CNC(=NC1CCN(C(=O)/C=C/CN(C)C2CCCC2)C1)/C(C(=N)c1ccc(Oc2ccccc2)cc1)=C(\C)N.CCC. The van der Waals surface area contributed by atoms with Crippen LogP contribution in [-0.2, 0) is 4.79 Å². The van der Waals surface area contributed by atoms with Crippen LogP contribution in [0.2, 0.25) is 0 Å². The Morgan fingerprint density at radius 1 is 1.11 bits per heavy atom. The van der Waals surface area contributed by atoms with Gasteiger partial charge < -0.3 is 20.7 Å². The molecule has 0 radical (unpaired) electrons. The van der Waals surface area contributed by atoms with Gasteiger partial charge in [0.05, 0.1) is 17.3 Å². The minimum Gasteiger partial charge on any atom is -0.457 e. The lowest BCUT2D eigenvalue weighted by molar-refractivity contribution is -0.125. The fraction of sp³-hybridized carbons (Fsp3) is 0.417. The Balaban J connectivity index is 0.00000169. The van der Waals surface area contributed by atoms with Gasteiger partial charge in [-0.05, 0) is 75.8 Å². The van der Waals surface area contributed by atoms with Gasteiger partial charge in [-0.15, -0.1) is 0 Å². The van der Waals surface area contributed by atoms with Gasteiger partial charge in [-0.25, -0.2) is 0 Å². The molecule has 44 heavy (non-hydrogen) atoms. The van der Waals surface area contributed by atoms with Crippen molar-refractivity contribution in [2.24, 2.45) is 10.7 Å². The van der Waals surface area contributed by atoms with Crippen LogP contribution in [0.25, 0.3) is 0 Å². The molecule has 2 aromatic carbocycles. The molecule has 1 heterocycles. The molecule has 1 unspecified atom stereocenters. The highest BCUT2D eigenvalue weighted by atomic mass is 16.5. The molecule has 0 aromatic heterocycles. The number of allylic oxidation sites excluding steroid dienone is 1. The van der Waals surface area contributed by atoms with Crippen LogP contribution in [0.1, 0.15) is 64.9 Å². The number of nitrogens with zero attached hydrogens (tertiary/aromatic N) is 3. The molecular formula is C36H50N6O2. The van der Waals surface area contributed by atoms with E-state index in [1.54, 1.807) is 13.0 Å². The highest BCUT2D eigenvalue weighted by Gasteiger charge is 2.27. The Labute approximate surface area is 263 Å². The lowest BCUT2D eigenvalue weighted by Crippen LogP contribution is -2.31. The fourth-order valence-electron chi connectivity index (χ4n) is 5.38. The van der Waals surface area contributed by atoms with E-state index in [2.05, 4.69) is 37.7 Å². The van der Waals surface area contributed by atoms with Gasteiger partial charge in [-0.3, -0.25) is 20.1 Å². The van der Waals surface area contributed by atoms with E-state index in [4.69, 9.17) is 20.9 Å². The first-order chi connectivity index (χ1) is 21.3. The number of para-hydroxylation sites is 1. The van der Waals surface area contributed by atoms with Gasteiger partial charge in [0.25, 0.3) is 0 Å². The van der Waals surface area contributed by atoms with E-state index in [1.165, 1.54) is 38.3 Å². The summed E-state index contributed by atoms with van der Waals surface area (Å²) in [7, 11) is 2.13. The van der Waals surface area contributed by atoms with Crippen LogP contribution in [0.5, 0.6) is 11.5 Å². The second kappa shape index (κ2) is 17.8. The number of ether oxygens (including phenoxy) is 1. The van der Waals surface area contributed by atoms with Crippen LogP contribution in [0.4, 0.5) is 0 Å². The number of carbonyl (C=O) groups is 1. The van der Waals surface area contributed by atoms with Crippen LogP contribution in [0.3, 0.4) is 0 Å². The number of nitrogens with two attached hydrogens (primary N) is 1. The average molecular weight is 599 g/mol. The van der Waals surface area contributed by atoms with E-state index in [1.807, 2.05) is 65.6 Å². The Morgan fingerprint density at radius 3 is 2.36 bits per heavy atom. The maximum Gasteiger partial charge on any atom is 0.246 e. The van der Waals surface area contributed by atoms with Crippen molar-refractivity contribution in [3.63, 3.8) is 0 Å². The van der Waals surface area contributed by atoms with Gasteiger partial charge in [0.1, 0.15) is 17.3 Å². The summed E-state index contributed by atoms with van der Waals surface area (Å²) in [5.41, 5.74) is 8.18. The molecule has 2 aromatic rings. The topological polar surface area (TPSA) is 107 Å². The number of hydrogen-bond donors (Lipinski definition) is 3. The Bertz CT molecular complexity index is 1310. The number of hydrogen-bond acceptors (Lipinski definition) is 6. The number of likely N-dealkylation sites (N-methyl/N-ethyl adjacent to an activating group) is 1. The Kier molecular flexibility index (Phi) is 13.9. The number of aliphatic imine (C=N–C) groups is 1. The third-order valence-electron chi connectivity index (χ3n) is 7.63. The second-order valence-electron chi connectivity index (χ2n) is 11.4. The van der Waals surface area contributed by atoms with Crippen LogP contribution in [0.15, 0.2) is 95.8 Å². The van der Waals surface area contributed by atoms with Crippen LogP contribution in [-0.4, -0.2) is 66.0 Å². The summed E-state index contributed by atoms with van der Waals surface area (Å²) in [6, 6.07) is 17.4. The van der Waals surface area contributed by atoms with E-state index in [0.717, 1.165) is 18.7 Å². The molecule has 4 rings (SSSR count). The van der Waals surface area contributed by atoms with Gasteiger partial charge in [-0.2, -0.15) is 0 Å². The van der Waals surface area contributed by atoms with E-state index in [9.17, 15) is 4.79 Å². The molecule has 1 amide bonds. The third-order valence-corrected chi connectivity index (χ3v) is 7.63. The van der Waals surface area contributed by atoms with Gasteiger partial charge in [0, 0.05) is 43.0 Å². The van der Waals surface area contributed by atoms with Crippen molar-refractivity contribution in [3.05, 3.63) is 96.4 Å². The van der Waals surface area contributed by atoms with Gasteiger partial charge in [0.2, 0.25) is 5.91 Å². The lowest BCUT2D eigenvalue weighted by atomic mass is 9.99. The minimum atomic E-state index is -0.111. The molecule has 8 heteroatoms. The number of nitrogens with one attached hydrogen (secondary N) is 2. The first-order valence-electron chi connectivity index (χ1n) is 15.8. The van der Waals surface area contributed by atoms with Crippen molar-refractivity contribution in [3.8, 4) is 11.5 Å². The number of benzene rings is 2. The number of likely N-dealkylation sites (tertiary alicyclic amines) is 1. The predicted molar refractivity (Wildman–Crippen MR) is 182 cm³/mol. The van der Waals surface area contributed by atoms with Gasteiger partial charge in [-0.1, -0.05) is 64.0 Å². The normalized spacial score (nSPS) is 17.7. The minimum absolute atomic E-state index is 0.0112. The van der Waals surface area contributed by atoms with Crippen molar-refractivity contribution in [1.82, 2.24) is 15.1 Å². The maximum atomic E-state index is 12.9. The first-order valence-corrected chi connectivity index (χ1v) is 15.8. The molecule has 236 valence electrons. The molecule has 1 atom stereocenters. The summed E-state index contributed by atoms with van der Waals surface area (Å²) < 4.78 is 5.89. The molecule has 2 aliphatic rings. The zero-order valence-corrected chi connectivity index (χ0v) is 26.9. The highest BCUT2D eigenvalue weighted by molar-refractivity contribution is 6.29. The van der Waals surface area contributed by atoms with Crippen molar-refractivity contribution in [2.75, 3.05) is 26.7 Å². The lowest BCUT2D eigenvalue weighted by Gasteiger charge is -2.22. The number of amidine groups is 1. The van der Waals surface area contributed by atoms with E-state index < -0.39 is 0 Å². The average Bonchev–Trinajstić information content (AvgIpc) is 3.72. The van der Waals surface area contributed by atoms with Gasteiger partial charge in [0.15, 0.2) is 0 Å². The molecule has 1 saturated heterocycles. The first kappa shape index (κ1) is 34.3. The zero-order chi connectivity index (χ0) is 31.9. The molecule has 8 nitrogen and oxygen atoms in total. The summed E-state index contributed by atoms with van der Waals surface area (Å²) in [5, 5.41) is 12.1. The quantitative estimate of drug-likeness (QED) is 0.152. The molecule has 0 spiro atoms. The molecule has 2 fully saturated rings. The zero-order valence-electron chi connectivity index (χ0n) is 26.9. The van der Waals surface area contributed by atoms with E-state index in [-0.39, 0.29) is 17.7 Å². The second-order valence-corrected chi connectivity index (χ2v) is 11.4. The largest absolute Gasteiger partial charge is 0.457 e. The molecule has 1 aliphatic carbocycles. The van der Waals surface area contributed by atoms with Crippen molar-refractivity contribution < 1.29 is 9.53 Å². The summed E-state index contributed by atoms with van der Waals surface area (Å²) in [6.07, 6.45) is 12.3. The number of amides is 1. The van der Waals surface area contributed by atoms with E-state index in [0.29, 0.717) is 47.6 Å². The molecule has 0 bridgehead atoms. The smallest absolute Gasteiger partial charge is 0.246 e. The molecule has 1 saturated carbocycles. The Hall–Kier alpha value is -4.17. The van der Waals surface area contributed by atoms with Gasteiger partial charge >= 0.3 is 0 Å². The summed E-state index contributed by atoms with van der Waals surface area (Å²) in [5.74, 6) is 1.91. The number of rotatable bonds is 11. The maximum absolute atomic E-state index is 12.9. The molecular weight excluding hydrogens is 548 g/mol. The van der Waals surface area contributed by atoms with E-state index >= 15 is 0 Å². The van der Waals surface area contributed by atoms with Crippen molar-refractivity contribution >= 4 is 17.5 Å². The molecule has 4 N–H and O–H groups in total. The molecule has 1 aliphatic heterocycles. The third kappa shape index (κ3) is 10.2. The summed E-state index contributed by atoms with van der Waals surface area (Å²) in [6.45, 7) is 11.7. The van der Waals surface area contributed by atoms with Crippen LogP contribution < -0.4 is 15.8 Å². The van der Waals surface area contributed by atoms with Crippen LogP contribution in [0, 0.1) is 5.41 Å². The predicted octanol–water partition coefficient (Wildman–Crippen LogP) is 6.66. The standard InChI is InChI=1S/C33H42N6O2.C3H8/c1-4-36-33(37-26-20-22-39(23-26)30(40)15-10-21-38(3)27-11-8-9-12-27)31(24(2)34)32(35)25-16-18-29(19-17-25)41-28-13-6-5-7-14-28;1-3-2/h4-7,10,13-19,26-27,35H,1,8-9,11-12,20-23,34H2,2-3H3,(H,36,37);3H2,1-2H3/b15-10+,31-24+,35-32?;. The number of carbonyl (C=O) groups excluding carboxylic acids is 1. The summed E-state index contributed by atoms with van der Waals surface area (Å²) in [4.78, 5) is 21.9. The monoisotopic (exact) mass is 598 g/mol. The van der Waals surface area contributed by atoms with Crippen molar-refractivity contribution in [1.29, 1.82) is 5.41 Å². The van der Waals surface area contributed by atoms with Crippen LogP contribution >= 0.6 is 0 Å². The highest BCUT2D eigenvalue weighted by Crippen LogP contribution is 2.24.